The molecule has 1 aliphatic carbocycles. The Morgan fingerprint density at radius 3 is 2.81 bits per heavy atom. The summed E-state index contributed by atoms with van der Waals surface area (Å²) >= 11 is 0. The summed E-state index contributed by atoms with van der Waals surface area (Å²) in [5, 5.41) is 12.8. The van der Waals surface area contributed by atoms with Crippen molar-refractivity contribution < 1.29 is 9.50 Å². The van der Waals surface area contributed by atoms with E-state index in [-0.39, 0.29) is 11.9 Å². The maximum absolute atomic E-state index is 13.3. The fourth-order valence-corrected chi connectivity index (χ4v) is 2.29. The monoisotopic (exact) mass is 223 g/mol. The highest BCUT2D eigenvalue weighted by atomic mass is 19.1. The van der Waals surface area contributed by atoms with Crippen molar-refractivity contribution >= 4 is 0 Å². The van der Waals surface area contributed by atoms with Crippen molar-refractivity contribution in [3.63, 3.8) is 0 Å². The second-order valence-electron chi connectivity index (χ2n) is 4.48. The predicted octanol–water partition coefficient (Wildman–Crippen LogP) is 2.08. The van der Waals surface area contributed by atoms with E-state index >= 15 is 0 Å². The minimum atomic E-state index is -0.173. The fourth-order valence-electron chi connectivity index (χ4n) is 2.29. The highest BCUT2D eigenvalue weighted by Crippen LogP contribution is 2.24. The first-order valence-electron chi connectivity index (χ1n) is 5.89. The van der Waals surface area contributed by atoms with E-state index in [9.17, 15) is 9.50 Å². The molecule has 1 aromatic rings. The van der Waals surface area contributed by atoms with Crippen molar-refractivity contribution in [3.05, 3.63) is 35.6 Å². The van der Waals surface area contributed by atoms with Gasteiger partial charge in [-0.3, -0.25) is 0 Å². The largest absolute Gasteiger partial charge is 0.393 e. The smallest absolute Gasteiger partial charge is 0.127 e. The van der Waals surface area contributed by atoms with Crippen LogP contribution in [0.5, 0.6) is 0 Å². The quantitative estimate of drug-likeness (QED) is 0.819. The molecule has 2 unspecified atom stereocenters. The van der Waals surface area contributed by atoms with E-state index in [2.05, 4.69) is 5.32 Å². The first-order valence-corrected chi connectivity index (χ1v) is 5.89. The summed E-state index contributed by atoms with van der Waals surface area (Å²) in [5.74, 6) is 0.175. The van der Waals surface area contributed by atoms with Crippen molar-refractivity contribution in [1.82, 2.24) is 5.32 Å². The van der Waals surface area contributed by atoms with Gasteiger partial charge in [-0.1, -0.05) is 24.6 Å². The van der Waals surface area contributed by atoms with E-state index in [0.29, 0.717) is 18.0 Å². The molecule has 1 fully saturated rings. The van der Waals surface area contributed by atoms with Crippen LogP contribution in [-0.4, -0.2) is 17.8 Å². The molecular formula is C13H18FNO. The molecular weight excluding hydrogens is 205 g/mol. The summed E-state index contributed by atoms with van der Waals surface area (Å²) in [6, 6.07) is 6.79. The molecule has 3 heteroatoms. The molecule has 0 spiro atoms. The van der Waals surface area contributed by atoms with E-state index in [1.54, 1.807) is 12.1 Å². The van der Waals surface area contributed by atoms with Crippen molar-refractivity contribution in [1.29, 1.82) is 0 Å². The fraction of sp³-hybridized carbons (Fsp3) is 0.538. The van der Waals surface area contributed by atoms with Gasteiger partial charge in [0.25, 0.3) is 0 Å². The zero-order chi connectivity index (χ0) is 11.4. The lowest BCUT2D eigenvalue weighted by Gasteiger charge is -2.15. The minimum absolute atomic E-state index is 0.165. The average Bonchev–Trinajstić information content (AvgIpc) is 2.67. The molecule has 16 heavy (non-hydrogen) atoms. The lowest BCUT2D eigenvalue weighted by atomic mass is 10.1. The Kier molecular flexibility index (Phi) is 3.91. The number of rotatable bonds is 4. The second-order valence-corrected chi connectivity index (χ2v) is 4.48. The SMILES string of the molecule is OC1CCCC1CNCc1ccccc1F. The van der Waals surface area contributed by atoms with Crippen LogP contribution >= 0.6 is 0 Å². The van der Waals surface area contributed by atoms with Crippen molar-refractivity contribution in [2.45, 2.75) is 31.9 Å². The van der Waals surface area contributed by atoms with Crippen LogP contribution in [0.3, 0.4) is 0 Å². The Morgan fingerprint density at radius 1 is 1.31 bits per heavy atom. The summed E-state index contributed by atoms with van der Waals surface area (Å²) in [6.45, 7) is 1.31. The first-order chi connectivity index (χ1) is 7.77. The molecule has 0 aromatic heterocycles. The molecule has 0 amide bonds. The molecule has 88 valence electrons. The number of halogens is 1. The summed E-state index contributed by atoms with van der Waals surface area (Å²) < 4.78 is 13.3. The molecule has 0 radical (unpaired) electrons. The molecule has 2 N–H and O–H groups in total. The summed E-state index contributed by atoms with van der Waals surface area (Å²) in [6.07, 6.45) is 2.91. The van der Waals surface area contributed by atoms with Crippen molar-refractivity contribution in [2.75, 3.05) is 6.54 Å². The maximum atomic E-state index is 13.3. The van der Waals surface area contributed by atoms with Gasteiger partial charge in [0.05, 0.1) is 6.10 Å². The van der Waals surface area contributed by atoms with E-state index in [1.807, 2.05) is 6.07 Å². The lowest BCUT2D eigenvalue weighted by Crippen LogP contribution is -2.27. The van der Waals surface area contributed by atoms with Gasteiger partial charge in [-0.05, 0) is 24.8 Å². The molecule has 2 rings (SSSR count). The molecule has 1 saturated carbocycles. The third kappa shape index (κ3) is 2.80. The van der Waals surface area contributed by atoms with Crippen molar-refractivity contribution in [2.24, 2.45) is 5.92 Å². The minimum Gasteiger partial charge on any atom is -0.393 e. The number of benzene rings is 1. The number of nitrogens with one attached hydrogen (secondary N) is 1. The van der Waals surface area contributed by atoms with E-state index < -0.39 is 0 Å². The van der Waals surface area contributed by atoms with Gasteiger partial charge in [0.1, 0.15) is 5.82 Å². The Labute approximate surface area is 95.5 Å². The topological polar surface area (TPSA) is 32.3 Å². The van der Waals surface area contributed by atoms with E-state index in [1.165, 1.54) is 6.07 Å². The second kappa shape index (κ2) is 5.41. The number of hydrogen-bond donors (Lipinski definition) is 2. The Balaban J connectivity index is 1.78. The molecule has 0 saturated heterocycles. The highest BCUT2D eigenvalue weighted by Gasteiger charge is 2.24. The van der Waals surface area contributed by atoms with E-state index in [0.717, 1.165) is 25.8 Å². The van der Waals surface area contributed by atoms with Crippen LogP contribution < -0.4 is 5.32 Å². The van der Waals surface area contributed by atoms with Crippen LogP contribution in [0.25, 0.3) is 0 Å². The van der Waals surface area contributed by atoms with Crippen molar-refractivity contribution in [3.8, 4) is 0 Å². The van der Waals surface area contributed by atoms with Gasteiger partial charge in [-0.15, -0.1) is 0 Å². The molecule has 0 bridgehead atoms. The van der Waals surface area contributed by atoms with Crippen LogP contribution in [0.1, 0.15) is 24.8 Å². The van der Waals surface area contributed by atoms with Crippen LogP contribution in [0.4, 0.5) is 4.39 Å². The highest BCUT2D eigenvalue weighted by molar-refractivity contribution is 5.16. The van der Waals surface area contributed by atoms with Gasteiger partial charge in [-0.2, -0.15) is 0 Å². The zero-order valence-corrected chi connectivity index (χ0v) is 9.32. The summed E-state index contributed by atoms with van der Waals surface area (Å²) in [5.41, 5.74) is 0.690. The van der Waals surface area contributed by atoms with E-state index in [4.69, 9.17) is 0 Å². The summed E-state index contributed by atoms with van der Waals surface area (Å²) in [4.78, 5) is 0. The standard InChI is InChI=1S/C13H18FNO/c14-12-6-2-1-4-10(12)8-15-9-11-5-3-7-13(11)16/h1-2,4,6,11,13,15-16H,3,5,7-9H2. The van der Waals surface area contributed by atoms with Gasteiger partial charge >= 0.3 is 0 Å². The number of hydrogen-bond acceptors (Lipinski definition) is 2. The van der Waals surface area contributed by atoms with Gasteiger partial charge < -0.3 is 10.4 Å². The predicted molar refractivity (Wildman–Crippen MR) is 61.5 cm³/mol. The number of aliphatic hydroxyl groups excluding tert-OH is 1. The molecule has 2 atom stereocenters. The maximum Gasteiger partial charge on any atom is 0.127 e. The molecule has 1 aliphatic rings. The Hall–Kier alpha value is -0.930. The van der Waals surface area contributed by atoms with Gasteiger partial charge in [0.15, 0.2) is 0 Å². The Morgan fingerprint density at radius 2 is 2.12 bits per heavy atom. The van der Waals surface area contributed by atoms with Gasteiger partial charge in [0.2, 0.25) is 0 Å². The third-order valence-electron chi connectivity index (χ3n) is 3.30. The van der Waals surface area contributed by atoms with Crippen LogP contribution in [0, 0.1) is 11.7 Å². The van der Waals surface area contributed by atoms with Gasteiger partial charge in [0, 0.05) is 18.7 Å². The molecule has 2 nitrogen and oxygen atoms in total. The van der Waals surface area contributed by atoms with Crippen LogP contribution in [-0.2, 0) is 6.54 Å². The third-order valence-corrected chi connectivity index (χ3v) is 3.30. The molecule has 1 aromatic carbocycles. The molecule has 0 aliphatic heterocycles. The normalized spacial score (nSPS) is 24.9. The van der Waals surface area contributed by atoms with Gasteiger partial charge in [-0.25, -0.2) is 4.39 Å². The summed E-state index contributed by atoms with van der Waals surface area (Å²) in [7, 11) is 0. The number of aliphatic hydroxyl groups is 1. The van der Waals surface area contributed by atoms with Crippen LogP contribution in [0.15, 0.2) is 24.3 Å². The Bertz CT molecular complexity index is 342. The van der Waals surface area contributed by atoms with Crippen LogP contribution in [0.2, 0.25) is 0 Å². The molecule has 0 heterocycles. The lowest BCUT2D eigenvalue weighted by molar-refractivity contribution is 0.131. The average molecular weight is 223 g/mol. The zero-order valence-electron chi connectivity index (χ0n) is 9.32. The first kappa shape index (κ1) is 11.6.